The molecule has 0 aliphatic rings. The molecular formula is C26H33ClN3O10P. The summed E-state index contributed by atoms with van der Waals surface area (Å²) in [4.78, 5) is 49.7. The molecule has 15 heteroatoms. The molecule has 1 unspecified atom stereocenters. The van der Waals surface area contributed by atoms with Gasteiger partial charge in [-0.05, 0) is 76.4 Å². The van der Waals surface area contributed by atoms with Crippen LogP contribution in [0.5, 0.6) is 23.0 Å². The number of phosphoric acid groups is 1. The van der Waals surface area contributed by atoms with Crippen molar-refractivity contribution in [3.63, 3.8) is 0 Å². The molecule has 0 spiro atoms. The third-order valence-corrected chi connectivity index (χ3v) is 5.55. The van der Waals surface area contributed by atoms with Gasteiger partial charge in [0.1, 0.15) is 28.6 Å². The molecule has 13 nitrogen and oxygen atoms in total. The van der Waals surface area contributed by atoms with E-state index in [1.165, 1.54) is 48.8 Å². The summed E-state index contributed by atoms with van der Waals surface area (Å²) in [5, 5.41) is 23.0. The van der Waals surface area contributed by atoms with Crippen LogP contribution in [0.1, 0.15) is 51.2 Å². The van der Waals surface area contributed by atoms with Gasteiger partial charge >= 0.3 is 19.3 Å². The molecule has 2 aromatic rings. The lowest BCUT2D eigenvalue weighted by atomic mass is 10.1. The van der Waals surface area contributed by atoms with Crippen molar-refractivity contribution in [2.45, 2.75) is 51.7 Å². The number of hydrogen-bond donors (Lipinski definition) is 5. The van der Waals surface area contributed by atoms with E-state index in [1.54, 1.807) is 20.8 Å². The summed E-state index contributed by atoms with van der Waals surface area (Å²) in [6.45, 7) is 5.81. The van der Waals surface area contributed by atoms with Gasteiger partial charge in [0, 0.05) is 41.7 Å². The number of phenols is 2. The Hall–Kier alpha value is -3.64. The number of unbranched alkanes of at least 4 members (excludes halogenated alkanes) is 1. The topological polar surface area (TPSA) is 197 Å². The summed E-state index contributed by atoms with van der Waals surface area (Å²) in [6, 6.07) is 7.29. The number of nitrogens with zero attached hydrogens (tertiary/aromatic N) is 2. The van der Waals surface area contributed by atoms with Gasteiger partial charge in [0.15, 0.2) is 0 Å². The van der Waals surface area contributed by atoms with Crippen LogP contribution in [-0.4, -0.2) is 68.7 Å². The van der Waals surface area contributed by atoms with Crippen molar-refractivity contribution < 1.29 is 48.2 Å². The number of benzene rings is 2. The highest BCUT2D eigenvalue weighted by atomic mass is 35.5. The Kier molecular flexibility index (Phi) is 12.6. The van der Waals surface area contributed by atoms with Gasteiger partial charge in [0.25, 0.3) is 0 Å². The van der Waals surface area contributed by atoms with Gasteiger partial charge in [-0.15, -0.1) is 0 Å². The standard InChI is InChI=1S/C26H33ClN3O10P/c1-26(2,3)39-25(34)29-11-5-4-6-19(30-15-18-12-20(38-24(27)33)7-9-23(18)32)16-28-14-17-13-21(8-10-22(17)31)40-41(35,36)37/h7-10,12-15,19,31-32H,4-6,11,16H2,1-3H3,(H,29,34)(H2,35,36,37). The number of ether oxygens (including phenoxy) is 2. The second kappa shape index (κ2) is 15.4. The lowest BCUT2D eigenvalue weighted by Crippen LogP contribution is -2.33. The maximum absolute atomic E-state index is 11.8. The SMILES string of the molecule is CC(C)(C)OC(=O)NCCCCC(CN=Cc1cc(OP(=O)(O)O)ccc1O)N=Cc1cc(OC(=O)Cl)ccc1O. The molecular weight excluding hydrogens is 581 g/mol. The fraction of sp³-hybridized carbons (Fsp3) is 0.385. The second-order valence-electron chi connectivity index (χ2n) is 9.71. The van der Waals surface area contributed by atoms with E-state index in [0.717, 1.165) is 0 Å². The molecule has 0 aliphatic carbocycles. The largest absolute Gasteiger partial charge is 0.524 e. The van der Waals surface area contributed by atoms with Crippen LogP contribution in [0.2, 0.25) is 0 Å². The first-order valence-corrected chi connectivity index (χ1v) is 14.3. The smallest absolute Gasteiger partial charge is 0.507 e. The number of amides is 1. The molecule has 0 saturated carbocycles. The van der Waals surface area contributed by atoms with Crippen molar-refractivity contribution in [3.05, 3.63) is 47.5 Å². The fourth-order valence-corrected chi connectivity index (χ4v) is 3.78. The Morgan fingerprint density at radius 2 is 1.63 bits per heavy atom. The van der Waals surface area contributed by atoms with E-state index >= 15 is 0 Å². The number of phosphoric ester groups is 1. The van der Waals surface area contributed by atoms with Crippen LogP contribution in [0.3, 0.4) is 0 Å². The number of rotatable bonds is 13. The molecule has 0 bridgehead atoms. The molecule has 224 valence electrons. The number of carbonyl (C=O) groups excluding carboxylic acids is 2. The van der Waals surface area contributed by atoms with Crippen LogP contribution in [0, 0.1) is 0 Å². The van der Waals surface area contributed by atoms with Crippen LogP contribution in [0.25, 0.3) is 0 Å². The maximum Gasteiger partial charge on any atom is 0.524 e. The first-order chi connectivity index (χ1) is 19.1. The molecule has 0 aromatic heterocycles. The van der Waals surface area contributed by atoms with Crippen molar-refractivity contribution >= 4 is 43.4 Å². The zero-order valence-corrected chi connectivity index (χ0v) is 24.3. The van der Waals surface area contributed by atoms with Gasteiger partial charge in [0.05, 0.1) is 12.6 Å². The normalized spacial score (nSPS) is 12.8. The van der Waals surface area contributed by atoms with E-state index < -0.39 is 31.0 Å². The quantitative estimate of drug-likeness (QED) is 0.0895. The summed E-state index contributed by atoms with van der Waals surface area (Å²) in [5.41, 5.74) is -1.22. The molecule has 0 heterocycles. The Morgan fingerprint density at radius 1 is 1.02 bits per heavy atom. The Labute approximate surface area is 242 Å². The van der Waals surface area contributed by atoms with Crippen LogP contribution < -0.4 is 14.6 Å². The second-order valence-corrected chi connectivity index (χ2v) is 11.2. The number of halogens is 1. The average Bonchev–Trinajstić information content (AvgIpc) is 2.83. The van der Waals surface area contributed by atoms with Crippen molar-refractivity contribution in [1.29, 1.82) is 0 Å². The van der Waals surface area contributed by atoms with E-state index in [2.05, 4.69) is 19.8 Å². The van der Waals surface area contributed by atoms with E-state index in [0.29, 0.717) is 25.8 Å². The number of phenolic OH excluding ortho intramolecular Hbond substituents is 2. The molecule has 5 N–H and O–H groups in total. The van der Waals surface area contributed by atoms with Gasteiger partial charge in [-0.25, -0.2) is 14.2 Å². The summed E-state index contributed by atoms with van der Waals surface area (Å²) in [7, 11) is -4.79. The van der Waals surface area contributed by atoms with Crippen LogP contribution >= 0.6 is 19.4 Å². The lowest BCUT2D eigenvalue weighted by molar-refractivity contribution is 0.0526. The minimum Gasteiger partial charge on any atom is -0.507 e. The number of aromatic hydroxyl groups is 2. The first kappa shape index (κ1) is 33.6. The van der Waals surface area contributed by atoms with Crippen molar-refractivity contribution in [1.82, 2.24) is 5.32 Å². The summed E-state index contributed by atoms with van der Waals surface area (Å²) in [5.74, 6) is -0.341. The molecule has 1 amide bonds. The molecule has 2 aromatic carbocycles. The summed E-state index contributed by atoms with van der Waals surface area (Å²) >= 11 is 5.25. The van der Waals surface area contributed by atoms with Crippen LogP contribution in [-0.2, 0) is 9.30 Å². The van der Waals surface area contributed by atoms with Crippen LogP contribution in [0.4, 0.5) is 9.59 Å². The predicted molar refractivity (Wildman–Crippen MR) is 153 cm³/mol. The summed E-state index contributed by atoms with van der Waals surface area (Å²) in [6.07, 6.45) is 3.96. The van der Waals surface area contributed by atoms with E-state index in [1.807, 2.05) is 0 Å². The highest BCUT2D eigenvalue weighted by Crippen LogP contribution is 2.38. The number of alkyl carbamates (subject to hydrolysis) is 1. The molecule has 2 rings (SSSR count). The van der Waals surface area contributed by atoms with Crippen molar-refractivity contribution in [2.24, 2.45) is 9.98 Å². The molecule has 1 atom stereocenters. The minimum absolute atomic E-state index is 0.111. The third kappa shape index (κ3) is 14.0. The van der Waals surface area contributed by atoms with Gasteiger partial charge in [-0.3, -0.25) is 19.8 Å². The number of carbonyl (C=O) groups is 2. The molecule has 0 aliphatic heterocycles. The zero-order chi connectivity index (χ0) is 30.6. The number of aliphatic imine (C=N–C) groups is 2. The predicted octanol–water partition coefficient (Wildman–Crippen LogP) is 4.91. The Morgan fingerprint density at radius 3 is 2.24 bits per heavy atom. The van der Waals surface area contributed by atoms with Gasteiger partial charge in [0.2, 0.25) is 0 Å². The summed E-state index contributed by atoms with van der Waals surface area (Å²) < 4.78 is 25.7. The lowest BCUT2D eigenvalue weighted by Gasteiger charge is -2.19. The Bertz CT molecular complexity index is 1310. The number of nitrogens with one attached hydrogen (secondary N) is 1. The van der Waals surface area contributed by atoms with Gasteiger partial charge in [-0.2, -0.15) is 0 Å². The Balaban J connectivity index is 2.12. The monoisotopic (exact) mass is 613 g/mol. The average molecular weight is 614 g/mol. The van der Waals surface area contributed by atoms with E-state index in [4.69, 9.17) is 30.9 Å². The molecule has 0 saturated heterocycles. The maximum atomic E-state index is 11.8. The fourth-order valence-electron chi connectivity index (χ4n) is 3.30. The molecule has 0 fully saturated rings. The highest BCUT2D eigenvalue weighted by Gasteiger charge is 2.17. The molecule has 41 heavy (non-hydrogen) atoms. The van der Waals surface area contributed by atoms with Crippen LogP contribution in [0.15, 0.2) is 46.4 Å². The van der Waals surface area contributed by atoms with Crippen molar-refractivity contribution in [3.8, 4) is 23.0 Å². The third-order valence-electron chi connectivity index (χ3n) is 5.02. The first-order valence-electron chi connectivity index (χ1n) is 12.4. The van der Waals surface area contributed by atoms with Gasteiger partial charge in [-0.1, -0.05) is 0 Å². The van der Waals surface area contributed by atoms with E-state index in [9.17, 15) is 24.4 Å². The van der Waals surface area contributed by atoms with Crippen molar-refractivity contribution in [2.75, 3.05) is 13.1 Å². The zero-order valence-electron chi connectivity index (χ0n) is 22.7. The highest BCUT2D eigenvalue weighted by molar-refractivity contribution is 7.46. The number of hydrogen-bond acceptors (Lipinski definition) is 10. The minimum atomic E-state index is -4.79. The van der Waals surface area contributed by atoms with E-state index in [-0.39, 0.29) is 40.7 Å². The van der Waals surface area contributed by atoms with Gasteiger partial charge < -0.3 is 29.5 Å². The molecule has 0 radical (unpaired) electrons.